The monoisotopic (exact) mass is 592 g/mol. The van der Waals surface area contributed by atoms with E-state index in [-0.39, 0.29) is 37.5 Å². The Kier molecular flexibility index (Phi) is 12.0. The minimum absolute atomic E-state index is 0. The number of aliphatic carboxylic acids is 1. The molecule has 0 amide bonds. The van der Waals surface area contributed by atoms with E-state index in [2.05, 4.69) is 23.0 Å². The maximum atomic E-state index is 12.4. The van der Waals surface area contributed by atoms with E-state index in [1.54, 1.807) is 23.1 Å². The van der Waals surface area contributed by atoms with Gasteiger partial charge < -0.3 is 24.4 Å². The third-order valence-corrected chi connectivity index (χ3v) is 7.26. The predicted octanol–water partition coefficient (Wildman–Crippen LogP) is 4.54. The zero-order chi connectivity index (χ0) is 27.3. The van der Waals surface area contributed by atoms with E-state index in [0.717, 1.165) is 29.9 Å². The Morgan fingerprint density at radius 2 is 2.05 bits per heavy atom. The number of ether oxygens (including phenoxy) is 2. The molecule has 1 aliphatic heterocycles. The van der Waals surface area contributed by atoms with Crippen LogP contribution in [0.25, 0.3) is 16.6 Å². The van der Waals surface area contributed by atoms with Gasteiger partial charge in [0.2, 0.25) is 0 Å². The third kappa shape index (κ3) is 6.96. The number of piperidine rings is 1. The highest BCUT2D eigenvalue weighted by Crippen LogP contribution is 2.39. The van der Waals surface area contributed by atoms with Gasteiger partial charge in [-0.15, -0.1) is 24.8 Å². The second-order valence-electron chi connectivity index (χ2n) is 10.0. The number of carboxylic acid groups (broad SMARTS) is 1. The van der Waals surface area contributed by atoms with Crippen LogP contribution in [0.3, 0.4) is 0 Å². The van der Waals surface area contributed by atoms with Gasteiger partial charge in [0.05, 0.1) is 48.7 Å². The highest BCUT2D eigenvalue weighted by Gasteiger charge is 2.45. The van der Waals surface area contributed by atoms with Gasteiger partial charge in [0.25, 0.3) is 0 Å². The summed E-state index contributed by atoms with van der Waals surface area (Å²) in [4.78, 5) is 21.4. The molecule has 3 aromatic heterocycles. The SMILES string of the molecule is CCOc1cc(-c2ccc(N3CCC(COCCN(C)C)(C(=O)O)CC3CC)nc2)c2c(C#N)cnn2c1.Cl.Cl. The quantitative estimate of drug-likeness (QED) is 0.320. The Labute approximate surface area is 247 Å². The number of hydrogen-bond acceptors (Lipinski definition) is 8. The van der Waals surface area contributed by atoms with Crippen molar-refractivity contribution in [2.45, 2.75) is 39.2 Å². The molecule has 0 bridgehead atoms. The molecule has 2 unspecified atom stereocenters. The van der Waals surface area contributed by atoms with Crippen molar-refractivity contribution in [3.63, 3.8) is 0 Å². The van der Waals surface area contributed by atoms with E-state index in [4.69, 9.17) is 14.5 Å². The van der Waals surface area contributed by atoms with Crippen molar-refractivity contribution in [1.29, 1.82) is 5.26 Å². The second kappa shape index (κ2) is 14.5. The van der Waals surface area contributed by atoms with Gasteiger partial charge in [-0.2, -0.15) is 10.4 Å². The van der Waals surface area contributed by atoms with Crippen molar-refractivity contribution in [3.05, 3.63) is 42.4 Å². The zero-order valence-corrected chi connectivity index (χ0v) is 25.0. The Hall–Kier alpha value is -3.10. The van der Waals surface area contributed by atoms with Crippen LogP contribution in [0.15, 0.2) is 36.8 Å². The Balaban J connectivity index is 0.00000280. The van der Waals surface area contributed by atoms with Crippen molar-refractivity contribution < 1.29 is 19.4 Å². The summed E-state index contributed by atoms with van der Waals surface area (Å²) in [6.07, 6.45) is 6.91. The largest absolute Gasteiger partial charge is 0.492 e. The summed E-state index contributed by atoms with van der Waals surface area (Å²) in [6, 6.07) is 8.10. The van der Waals surface area contributed by atoms with Crippen LogP contribution in [0.2, 0.25) is 0 Å². The van der Waals surface area contributed by atoms with Crippen LogP contribution in [0.5, 0.6) is 5.75 Å². The van der Waals surface area contributed by atoms with Crippen molar-refractivity contribution in [3.8, 4) is 22.9 Å². The second-order valence-corrected chi connectivity index (χ2v) is 10.0. The van der Waals surface area contributed by atoms with Crippen LogP contribution in [0, 0.1) is 16.7 Å². The first-order chi connectivity index (χ1) is 18.3. The topological polar surface area (TPSA) is 116 Å². The number of nitriles is 1. The molecule has 4 rings (SSSR count). The van der Waals surface area contributed by atoms with Gasteiger partial charge in [-0.25, -0.2) is 9.50 Å². The smallest absolute Gasteiger partial charge is 0.312 e. The molecule has 3 aromatic rings. The summed E-state index contributed by atoms with van der Waals surface area (Å²) < 4.78 is 13.2. The molecular weight excluding hydrogens is 555 g/mol. The molecule has 0 aromatic carbocycles. The molecule has 1 saturated heterocycles. The summed E-state index contributed by atoms with van der Waals surface area (Å²) in [5, 5.41) is 24.1. The van der Waals surface area contributed by atoms with Crippen LogP contribution in [-0.4, -0.2) is 83.6 Å². The standard InChI is InChI=1S/C28H36N6O4.2ClH/c1-5-22-14-28(27(35)36,19-37-12-11-32(3)4)9-10-33(22)25-8-7-20(16-30-25)24-13-23(38-6-2)18-34-26(24)21(15-29)17-31-34;;/h7-8,13,16-18,22H,5-6,9-12,14,19H2,1-4H3,(H,35,36);2*1H. The van der Waals surface area contributed by atoms with E-state index < -0.39 is 11.4 Å². The molecule has 40 heavy (non-hydrogen) atoms. The fourth-order valence-electron chi connectivity index (χ4n) is 5.11. The molecule has 1 fully saturated rings. The molecule has 0 aliphatic carbocycles. The number of pyridine rings is 2. The fourth-order valence-corrected chi connectivity index (χ4v) is 5.11. The highest BCUT2D eigenvalue weighted by molar-refractivity contribution is 5.86. The van der Waals surface area contributed by atoms with Gasteiger partial charge in [-0.05, 0) is 58.5 Å². The molecule has 4 heterocycles. The third-order valence-electron chi connectivity index (χ3n) is 7.26. The Morgan fingerprint density at radius 1 is 1.27 bits per heavy atom. The van der Waals surface area contributed by atoms with Crippen molar-refractivity contribution in [1.82, 2.24) is 19.5 Å². The normalized spacial score (nSPS) is 18.6. The molecule has 218 valence electrons. The van der Waals surface area contributed by atoms with Crippen LogP contribution in [-0.2, 0) is 9.53 Å². The lowest BCUT2D eigenvalue weighted by Gasteiger charge is -2.44. The molecule has 0 radical (unpaired) electrons. The van der Waals surface area contributed by atoms with Gasteiger partial charge in [0.15, 0.2) is 0 Å². The van der Waals surface area contributed by atoms with Crippen LogP contribution < -0.4 is 9.64 Å². The molecule has 0 saturated carbocycles. The van der Waals surface area contributed by atoms with Crippen LogP contribution in [0.4, 0.5) is 5.82 Å². The summed E-state index contributed by atoms with van der Waals surface area (Å²) in [5.74, 6) is 0.668. The minimum atomic E-state index is -0.898. The maximum absolute atomic E-state index is 12.4. The number of rotatable bonds is 11. The number of fused-ring (bicyclic) bond motifs is 1. The molecule has 0 spiro atoms. The first-order valence-corrected chi connectivity index (χ1v) is 13.0. The van der Waals surface area contributed by atoms with Gasteiger partial charge >= 0.3 is 5.97 Å². The molecule has 1 N–H and O–H groups in total. The maximum Gasteiger partial charge on any atom is 0.312 e. The lowest BCUT2D eigenvalue weighted by molar-refractivity contribution is -0.155. The van der Waals surface area contributed by atoms with Gasteiger partial charge in [-0.1, -0.05) is 6.92 Å². The number of nitrogens with zero attached hydrogens (tertiary/aromatic N) is 6. The molecule has 10 nitrogen and oxygen atoms in total. The molecule has 1 aliphatic rings. The first kappa shape index (κ1) is 33.1. The summed E-state index contributed by atoms with van der Waals surface area (Å²) in [7, 11) is 3.94. The number of likely N-dealkylation sites (N-methyl/N-ethyl adjacent to an activating group) is 1. The average Bonchev–Trinajstić information content (AvgIpc) is 3.34. The lowest BCUT2D eigenvalue weighted by Crippen LogP contribution is -2.52. The average molecular weight is 594 g/mol. The van der Waals surface area contributed by atoms with E-state index in [1.807, 2.05) is 44.1 Å². The van der Waals surface area contributed by atoms with E-state index in [1.165, 1.54) is 0 Å². The summed E-state index contributed by atoms with van der Waals surface area (Å²) in [6.45, 7) is 6.57. The van der Waals surface area contributed by atoms with Crippen LogP contribution >= 0.6 is 24.8 Å². The number of anilines is 1. The molecular formula is C28H38Cl2N6O4. The summed E-state index contributed by atoms with van der Waals surface area (Å²) in [5.41, 5.74) is 1.94. The highest BCUT2D eigenvalue weighted by atomic mass is 35.5. The number of aromatic nitrogens is 3. The first-order valence-electron chi connectivity index (χ1n) is 13.0. The van der Waals surface area contributed by atoms with Crippen molar-refractivity contribution in [2.75, 3.05) is 51.9 Å². The summed E-state index contributed by atoms with van der Waals surface area (Å²) >= 11 is 0. The van der Waals surface area contributed by atoms with Crippen molar-refractivity contribution >= 4 is 42.1 Å². The van der Waals surface area contributed by atoms with Gasteiger partial charge in [0, 0.05) is 36.5 Å². The Bertz CT molecular complexity index is 1310. The van der Waals surface area contributed by atoms with E-state index in [9.17, 15) is 15.2 Å². The minimum Gasteiger partial charge on any atom is -0.492 e. The predicted molar refractivity (Wildman–Crippen MR) is 159 cm³/mol. The molecule has 2 atom stereocenters. The number of hydrogen-bond donors (Lipinski definition) is 1. The van der Waals surface area contributed by atoms with Crippen LogP contribution in [0.1, 0.15) is 38.7 Å². The lowest BCUT2D eigenvalue weighted by atomic mass is 9.75. The van der Waals surface area contributed by atoms with Crippen molar-refractivity contribution in [2.24, 2.45) is 5.41 Å². The van der Waals surface area contributed by atoms with E-state index >= 15 is 0 Å². The Morgan fingerprint density at radius 3 is 2.65 bits per heavy atom. The van der Waals surface area contributed by atoms with Gasteiger partial charge in [0.1, 0.15) is 17.6 Å². The molecule has 12 heteroatoms. The number of halogens is 2. The van der Waals surface area contributed by atoms with Gasteiger partial charge in [-0.3, -0.25) is 4.79 Å². The fraction of sp³-hybridized carbons (Fsp3) is 0.500. The zero-order valence-electron chi connectivity index (χ0n) is 23.4. The number of carbonyl (C=O) groups is 1. The van der Waals surface area contributed by atoms with E-state index in [0.29, 0.717) is 49.4 Å². The number of carboxylic acids is 1.